The molecule has 8 nitrogen and oxygen atoms in total. The van der Waals surface area contributed by atoms with Gasteiger partial charge >= 0.3 is 0 Å². The van der Waals surface area contributed by atoms with E-state index in [1.807, 2.05) is 0 Å². The summed E-state index contributed by atoms with van der Waals surface area (Å²) in [5.41, 5.74) is 4.87. The Kier molecular flexibility index (Phi) is 4.76. The van der Waals surface area contributed by atoms with Crippen molar-refractivity contribution in [2.75, 3.05) is 4.72 Å². The van der Waals surface area contributed by atoms with Gasteiger partial charge in [0.15, 0.2) is 4.90 Å². The van der Waals surface area contributed by atoms with Crippen molar-refractivity contribution in [2.45, 2.75) is 11.8 Å². The summed E-state index contributed by atoms with van der Waals surface area (Å²) in [4.78, 5) is 21.0. The van der Waals surface area contributed by atoms with Crippen molar-refractivity contribution in [1.29, 1.82) is 0 Å². The molecular formula is C14H12ClN3O5S. The summed E-state index contributed by atoms with van der Waals surface area (Å²) in [6, 6.07) is 7.69. The number of primary amides is 1. The Morgan fingerprint density at radius 1 is 1.29 bits per heavy atom. The maximum Gasteiger partial charge on any atom is 0.290 e. The Balaban J connectivity index is 2.49. The standard InChI is InChI=1S/C14H12ClN3O5S/c1-8-3-2-4-12(18(20)21)13(8)24(22,23)17-9-5-6-10(14(16)19)11(15)7-9/h2-7,17H,1H3,(H2,16,19). The summed E-state index contributed by atoms with van der Waals surface area (Å²) >= 11 is 5.87. The zero-order chi connectivity index (χ0) is 18.1. The Labute approximate surface area is 142 Å². The number of nitrogens with one attached hydrogen (secondary N) is 1. The molecule has 126 valence electrons. The molecule has 0 unspecified atom stereocenters. The van der Waals surface area contributed by atoms with Gasteiger partial charge in [0, 0.05) is 6.07 Å². The average molecular weight is 370 g/mol. The second-order valence-electron chi connectivity index (χ2n) is 4.84. The number of benzene rings is 2. The average Bonchev–Trinajstić information content (AvgIpc) is 2.45. The predicted octanol–water partition coefficient (Wildman–Crippen LogP) is 2.46. The smallest absolute Gasteiger partial charge is 0.290 e. The first-order valence-electron chi connectivity index (χ1n) is 6.49. The molecule has 0 radical (unpaired) electrons. The Bertz CT molecular complexity index is 943. The van der Waals surface area contributed by atoms with E-state index in [1.54, 1.807) is 0 Å². The first-order valence-corrected chi connectivity index (χ1v) is 8.36. The van der Waals surface area contributed by atoms with E-state index < -0.39 is 31.4 Å². The lowest BCUT2D eigenvalue weighted by atomic mass is 10.2. The van der Waals surface area contributed by atoms with Crippen LogP contribution in [-0.2, 0) is 10.0 Å². The van der Waals surface area contributed by atoms with Gasteiger partial charge in [-0.1, -0.05) is 23.7 Å². The lowest BCUT2D eigenvalue weighted by Gasteiger charge is -2.11. The fourth-order valence-electron chi connectivity index (χ4n) is 2.11. The van der Waals surface area contributed by atoms with Crippen LogP contribution < -0.4 is 10.5 Å². The summed E-state index contributed by atoms with van der Waals surface area (Å²) in [5, 5.41) is 11.0. The molecule has 0 atom stereocenters. The molecule has 0 aromatic heterocycles. The minimum Gasteiger partial charge on any atom is -0.366 e. The van der Waals surface area contributed by atoms with Crippen LogP contribution in [0.25, 0.3) is 0 Å². The Hall–Kier alpha value is -2.65. The van der Waals surface area contributed by atoms with Crippen molar-refractivity contribution in [1.82, 2.24) is 0 Å². The number of hydrogen-bond donors (Lipinski definition) is 2. The highest BCUT2D eigenvalue weighted by molar-refractivity contribution is 7.93. The Morgan fingerprint density at radius 3 is 2.50 bits per heavy atom. The van der Waals surface area contributed by atoms with Crippen LogP contribution in [0.5, 0.6) is 0 Å². The Morgan fingerprint density at radius 2 is 1.96 bits per heavy atom. The summed E-state index contributed by atoms with van der Waals surface area (Å²) in [6.07, 6.45) is 0. The zero-order valence-electron chi connectivity index (χ0n) is 12.3. The van der Waals surface area contributed by atoms with Gasteiger partial charge in [0.05, 0.1) is 21.2 Å². The van der Waals surface area contributed by atoms with Crippen LogP contribution >= 0.6 is 11.6 Å². The van der Waals surface area contributed by atoms with E-state index in [0.29, 0.717) is 0 Å². The molecule has 0 aliphatic heterocycles. The van der Waals surface area contributed by atoms with Crippen LogP contribution in [0, 0.1) is 17.0 Å². The van der Waals surface area contributed by atoms with Crippen LogP contribution in [0.4, 0.5) is 11.4 Å². The van der Waals surface area contributed by atoms with Crippen molar-refractivity contribution in [2.24, 2.45) is 5.73 Å². The number of carbonyl (C=O) groups excluding carboxylic acids is 1. The summed E-state index contributed by atoms with van der Waals surface area (Å²) < 4.78 is 27.3. The molecule has 3 N–H and O–H groups in total. The number of nitrogens with zero attached hydrogens (tertiary/aromatic N) is 1. The van der Waals surface area contributed by atoms with Gasteiger partial charge in [-0.05, 0) is 30.7 Å². The van der Waals surface area contributed by atoms with E-state index in [9.17, 15) is 23.3 Å². The van der Waals surface area contributed by atoms with Gasteiger partial charge in [0.1, 0.15) is 0 Å². The van der Waals surface area contributed by atoms with E-state index in [2.05, 4.69) is 4.72 Å². The van der Waals surface area contributed by atoms with Crippen LogP contribution in [0.1, 0.15) is 15.9 Å². The van der Waals surface area contributed by atoms with Crippen LogP contribution in [-0.4, -0.2) is 19.2 Å². The minimum absolute atomic E-state index is 0.0292. The van der Waals surface area contributed by atoms with E-state index in [-0.39, 0.29) is 21.8 Å². The highest BCUT2D eigenvalue weighted by Crippen LogP contribution is 2.29. The summed E-state index contributed by atoms with van der Waals surface area (Å²) in [5.74, 6) is -0.760. The number of rotatable bonds is 5. The molecule has 2 aromatic rings. The van der Waals surface area contributed by atoms with E-state index in [1.165, 1.54) is 37.3 Å². The normalized spacial score (nSPS) is 11.1. The summed E-state index contributed by atoms with van der Waals surface area (Å²) in [7, 11) is -4.24. The molecule has 0 spiro atoms. The van der Waals surface area contributed by atoms with Gasteiger partial charge in [-0.3, -0.25) is 19.6 Å². The third-order valence-corrected chi connectivity index (χ3v) is 5.03. The van der Waals surface area contributed by atoms with Crippen LogP contribution in [0.15, 0.2) is 41.3 Å². The fourth-order valence-corrected chi connectivity index (χ4v) is 3.84. The van der Waals surface area contributed by atoms with Gasteiger partial charge in [-0.2, -0.15) is 0 Å². The maximum absolute atomic E-state index is 12.5. The quantitative estimate of drug-likeness (QED) is 0.617. The number of amides is 1. The lowest BCUT2D eigenvalue weighted by Crippen LogP contribution is -2.17. The molecule has 0 saturated heterocycles. The van der Waals surface area contributed by atoms with Crippen molar-refractivity contribution < 1.29 is 18.1 Å². The number of anilines is 1. The summed E-state index contributed by atoms with van der Waals surface area (Å²) in [6.45, 7) is 1.45. The zero-order valence-corrected chi connectivity index (χ0v) is 13.9. The largest absolute Gasteiger partial charge is 0.366 e. The molecule has 0 bridgehead atoms. The monoisotopic (exact) mass is 369 g/mol. The van der Waals surface area contributed by atoms with Gasteiger partial charge in [-0.25, -0.2) is 8.42 Å². The SMILES string of the molecule is Cc1cccc([N+](=O)[O-])c1S(=O)(=O)Nc1ccc(C(N)=O)c(Cl)c1. The van der Waals surface area contributed by atoms with Crippen LogP contribution in [0.3, 0.4) is 0 Å². The molecule has 24 heavy (non-hydrogen) atoms. The molecular weight excluding hydrogens is 358 g/mol. The third-order valence-electron chi connectivity index (χ3n) is 3.14. The molecule has 2 aromatic carbocycles. The number of halogens is 1. The predicted molar refractivity (Wildman–Crippen MR) is 88.6 cm³/mol. The van der Waals surface area contributed by atoms with Crippen LogP contribution in [0.2, 0.25) is 5.02 Å². The van der Waals surface area contributed by atoms with Crippen molar-refractivity contribution in [3.63, 3.8) is 0 Å². The number of nitro benzene ring substituents is 1. The molecule has 0 heterocycles. The topological polar surface area (TPSA) is 132 Å². The lowest BCUT2D eigenvalue weighted by molar-refractivity contribution is -0.387. The van der Waals surface area contributed by atoms with Crippen molar-refractivity contribution >= 4 is 38.9 Å². The van der Waals surface area contributed by atoms with Gasteiger partial charge in [0.2, 0.25) is 5.91 Å². The first kappa shape index (κ1) is 17.7. The highest BCUT2D eigenvalue weighted by Gasteiger charge is 2.28. The molecule has 0 saturated carbocycles. The number of carbonyl (C=O) groups is 1. The van der Waals surface area contributed by atoms with E-state index in [4.69, 9.17) is 17.3 Å². The highest BCUT2D eigenvalue weighted by atomic mass is 35.5. The fraction of sp³-hybridized carbons (Fsp3) is 0.0714. The van der Waals surface area contributed by atoms with E-state index >= 15 is 0 Å². The van der Waals surface area contributed by atoms with Gasteiger partial charge in [0.25, 0.3) is 15.7 Å². The molecule has 2 rings (SSSR count). The number of hydrogen-bond acceptors (Lipinski definition) is 5. The van der Waals surface area contributed by atoms with Gasteiger partial charge < -0.3 is 5.73 Å². The second kappa shape index (κ2) is 6.46. The molecule has 0 aliphatic rings. The van der Waals surface area contributed by atoms with Crippen molar-refractivity contribution in [3.8, 4) is 0 Å². The number of sulfonamides is 1. The second-order valence-corrected chi connectivity index (χ2v) is 6.87. The van der Waals surface area contributed by atoms with Crippen molar-refractivity contribution in [3.05, 3.63) is 62.7 Å². The molecule has 0 fully saturated rings. The molecule has 10 heteroatoms. The third kappa shape index (κ3) is 3.47. The van der Waals surface area contributed by atoms with E-state index in [0.717, 1.165) is 6.07 Å². The maximum atomic E-state index is 12.5. The number of aryl methyl sites for hydroxylation is 1. The minimum atomic E-state index is -4.24. The molecule has 0 aliphatic carbocycles. The van der Waals surface area contributed by atoms with Gasteiger partial charge in [-0.15, -0.1) is 0 Å². The number of nitrogens with two attached hydrogens (primary N) is 1. The number of nitro groups is 1. The first-order chi connectivity index (χ1) is 11.1. The molecule has 1 amide bonds.